The number of piperidine rings is 1. The Balaban J connectivity index is 0.00000220. The Hall–Kier alpha value is -0.580. The number of carbonyl (C=O) groups excluding carboxylic acids is 1. The average molecular weight is 376 g/mol. The highest BCUT2D eigenvalue weighted by Gasteiger charge is 2.27. The molecular weight excluding hydrogens is 352 g/mol. The largest absolute Gasteiger partial charge is 0.341 e. The predicted octanol–water partition coefficient (Wildman–Crippen LogP) is 3.39. The van der Waals surface area contributed by atoms with E-state index >= 15 is 0 Å². The van der Waals surface area contributed by atoms with Crippen molar-refractivity contribution in [2.45, 2.75) is 38.6 Å². The smallest absolute Gasteiger partial charge is 0.226 e. The molecule has 1 aromatic carbocycles. The van der Waals surface area contributed by atoms with E-state index in [4.69, 9.17) is 5.73 Å². The lowest BCUT2D eigenvalue weighted by molar-refractivity contribution is -0.136. The van der Waals surface area contributed by atoms with E-state index in [1.165, 1.54) is 5.56 Å². The van der Waals surface area contributed by atoms with Crippen molar-refractivity contribution in [3.8, 4) is 0 Å². The van der Waals surface area contributed by atoms with E-state index in [9.17, 15) is 4.79 Å². The monoisotopic (exact) mass is 374 g/mol. The van der Waals surface area contributed by atoms with E-state index in [1.54, 1.807) is 0 Å². The van der Waals surface area contributed by atoms with Gasteiger partial charge in [0.05, 0.1) is 0 Å². The summed E-state index contributed by atoms with van der Waals surface area (Å²) in [4.78, 5) is 14.6. The van der Waals surface area contributed by atoms with Crippen LogP contribution in [0.4, 0.5) is 0 Å². The summed E-state index contributed by atoms with van der Waals surface area (Å²) in [5, 5.41) is 0. The Kier molecular flexibility index (Phi) is 7.71. The van der Waals surface area contributed by atoms with Crippen molar-refractivity contribution in [3.63, 3.8) is 0 Å². The van der Waals surface area contributed by atoms with Crippen LogP contribution in [-0.2, 0) is 11.2 Å². The molecule has 1 aliphatic rings. The lowest BCUT2D eigenvalue weighted by Gasteiger charge is -2.33. The molecule has 2 N–H and O–H groups in total. The summed E-state index contributed by atoms with van der Waals surface area (Å²) in [6.07, 6.45) is 3.72. The maximum atomic E-state index is 12.6. The first-order chi connectivity index (χ1) is 9.61. The van der Waals surface area contributed by atoms with Crippen LogP contribution in [-0.4, -0.2) is 29.9 Å². The standard InChI is InChI=1S/C16H23BrN2O.ClH/c1-2-12(10-13-6-3-4-8-15(13)17)16(20)19-9-5-7-14(18)11-19;/h3-4,6,8,12,14H,2,5,7,9-11,18H2,1H3;1H. The Bertz CT molecular complexity index is 469. The number of likely N-dealkylation sites (tertiary alicyclic amines) is 1. The third-order valence-electron chi connectivity index (χ3n) is 4.04. The summed E-state index contributed by atoms with van der Waals surface area (Å²) >= 11 is 3.56. The summed E-state index contributed by atoms with van der Waals surface area (Å²) < 4.78 is 1.08. The molecule has 0 saturated carbocycles. The molecule has 2 unspecified atom stereocenters. The third kappa shape index (κ3) is 4.97. The van der Waals surface area contributed by atoms with E-state index in [0.29, 0.717) is 6.54 Å². The van der Waals surface area contributed by atoms with E-state index in [2.05, 4.69) is 28.9 Å². The molecule has 2 atom stereocenters. The van der Waals surface area contributed by atoms with Crippen LogP contribution < -0.4 is 5.73 Å². The number of amides is 1. The molecule has 0 radical (unpaired) electrons. The SMILES string of the molecule is CCC(Cc1ccccc1Br)C(=O)N1CCCC(N)C1.Cl. The summed E-state index contributed by atoms with van der Waals surface area (Å²) in [6.45, 7) is 3.66. The Morgan fingerprint density at radius 1 is 1.48 bits per heavy atom. The van der Waals surface area contributed by atoms with Crippen molar-refractivity contribution in [1.29, 1.82) is 0 Å². The minimum atomic E-state index is 0. The quantitative estimate of drug-likeness (QED) is 0.877. The molecule has 0 bridgehead atoms. The van der Waals surface area contributed by atoms with Gasteiger partial charge < -0.3 is 10.6 Å². The molecule has 1 aromatic rings. The van der Waals surface area contributed by atoms with Gasteiger partial charge in [-0.1, -0.05) is 41.1 Å². The van der Waals surface area contributed by atoms with Gasteiger partial charge in [0.25, 0.3) is 0 Å². The zero-order chi connectivity index (χ0) is 14.5. The maximum Gasteiger partial charge on any atom is 0.226 e. The molecule has 0 aromatic heterocycles. The number of carbonyl (C=O) groups is 1. The molecule has 1 amide bonds. The van der Waals surface area contributed by atoms with Crippen molar-refractivity contribution in [3.05, 3.63) is 34.3 Å². The number of nitrogens with zero attached hydrogens (tertiary/aromatic N) is 1. The minimum Gasteiger partial charge on any atom is -0.341 e. The molecule has 1 fully saturated rings. The van der Waals surface area contributed by atoms with Crippen LogP contribution in [0.25, 0.3) is 0 Å². The summed E-state index contributed by atoms with van der Waals surface area (Å²) in [7, 11) is 0. The third-order valence-corrected chi connectivity index (χ3v) is 4.81. The Labute approximate surface area is 141 Å². The van der Waals surface area contributed by atoms with Gasteiger partial charge in [-0.05, 0) is 37.3 Å². The van der Waals surface area contributed by atoms with Crippen LogP contribution in [0.5, 0.6) is 0 Å². The minimum absolute atomic E-state index is 0. The first kappa shape index (κ1) is 18.5. The van der Waals surface area contributed by atoms with Crippen molar-refractivity contribution >= 4 is 34.2 Å². The average Bonchev–Trinajstić information content (AvgIpc) is 2.46. The molecule has 1 saturated heterocycles. The molecule has 3 nitrogen and oxygen atoms in total. The van der Waals surface area contributed by atoms with Crippen molar-refractivity contribution in [1.82, 2.24) is 4.90 Å². The number of halogens is 2. The lowest BCUT2D eigenvalue weighted by atomic mass is 9.94. The van der Waals surface area contributed by atoms with Crippen LogP contribution in [0.2, 0.25) is 0 Å². The summed E-state index contributed by atoms with van der Waals surface area (Å²) in [5.74, 6) is 0.317. The van der Waals surface area contributed by atoms with Gasteiger partial charge in [-0.15, -0.1) is 12.4 Å². The summed E-state index contributed by atoms with van der Waals surface area (Å²) in [5.41, 5.74) is 7.18. The molecule has 1 heterocycles. The Morgan fingerprint density at radius 2 is 2.19 bits per heavy atom. The number of rotatable bonds is 4. The highest BCUT2D eigenvalue weighted by Crippen LogP contribution is 2.23. The zero-order valence-corrected chi connectivity index (χ0v) is 14.8. The topological polar surface area (TPSA) is 46.3 Å². The van der Waals surface area contributed by atoms with Gasteiger partial charge in [0, 0.05) is 29.5 Å². The van der Waals surface area contributed by atoms with Crippen molar-refractivity contribution in [2.24, 2.45) is 11.7 Å². The van der Waals surface area contributed by atoms with Gasteiger partial charge in [0.15, 0.2) is 0 Å². The fraction of sp³-hybridized carbons (Fsp3) is 0.562. The highest BCUT2D eigenvalue weighted by atomic mass is 79.9. The molecule has 1 aliphatic heterocycles. The first-order valence-electron chi connectivity index (χ1n) is 7.39. The first-order valence-corrected chi connectivity index (χ1v) is 8.19. The molecule has 2 rings (SSSR count). The van der Waals surface area contributed by atoms with Crippen LogP contribution in [0.3, 0.4) is 0 Å². The van der Waals surface area contributed by atoms with E-state index in [-0.39, 0.29) is 30.3 Å². The molecular formula is C16H24BrClN2O. The fourth-order valence-corrected chi connectivity index (χ4v) is 3.25. The van der Waals surface area contributed by atoms with Crippen LogP contribution >= 0.6 is 28.3 Å². The van der Waals surface area contributed by atoms with Crippen molar-refractivity contribution in [2.75, 3.05) is 13.1 Å². The van der Waals surface area contributed by atoms with E-state index in [1.807, 2.05) is 23.1 Å². The molecule has 0 spiro atoms. The number of hydrogen-bond acceptors (Lipinski definition) is 2. The highest BCUT2D eigenvalue weighted by molar-refractivity contribution is 9.10. The molecule has 21 heavy (non-hydrogen) atoms. The number of benzene rings is 1. The Morgan fingerprint density at radius 3 is 2.81 bits per heavy atom. The second-order valence-corrected chi connectivity index (χ2v) is 6.44. The van der Waals surface area contributed by atoms with E-state index in [0.717, 1.165) is 36.7 Å². The van der Waals surface area contributed by atoms with Gasteiger partial charge in [0.2, 0.25) is 5.91 Å². The summed E-state index contributed by atoms with van der Waals surface area (Å²) in [6, 6.07) is 8.29. The lowest BCUT2D eigenvalue weighted by Crippen LogP contribution is -2.48. The van der Waals surface area contributed by atoms with Gasteiger partial charge in [-0.2, -0.15) is 0 Å². The van der Waals surface area contributed by atoms with Gasteiger partial charge in [-0.25, -0.2) is 0 Å². The molecule has 5 heteroatoms. The normalized spacial score (nSPS) is 19.8. The molecule has 118 valence electrons. The zero-order valence-electron chi connectivity index (χ0n) is 12.4. The number of nitrogens with two attached hydrogens (primary N) is 1. The van der Waals surface area contributed by atoms with Gasteiger partial charge >= 0.3 is 0 Å². The second kappa shape index (κ2) is 8.76. The van der Waals surface area contributed by atoms with Crippen LogP contribution in [0, 0.1) is 5.92 Å². The second-order valence-electron chi connectivity index (χ2n) is 5.59. The maximum absolute atomic E-state index is 12.6. The molecule has 0 aliphatic carbocycles. The van der Waals surface area contributed by atoms with Crippen LogP contribution in [0.15, 0.2) is 28.7 Å². The van der Waals surface area contributed by atoms with E-state index < -0.39 is 0 Å². The van der Waals surface area contributed by atoms with Crippen LogP contribution in [0.1, 0.15) is 31.7 Å². The van der Waals surface area contributed by atoms with Crippen molar-refractivity contribution < 1.29 is 4.79 Å². The van der Waals surface area contributed by atoms with Gasteiger partial charge in [-0.3, -0.25) is 4.79 Å². The van der Waals surface area contributed by atoms with Gasteiger partial charge in [0.1, 0.15) is 0 Å². The number of hydrogen-bond donors (Lipinski definition) is 1. The fourth-order valence-electron chi connectivity index (χ4n) is 2.80. The predicted molar refractivity (Wildman–Crippen MR) is 92.7 cm³/mol.